The zero-order valence-corrected chi connectivity index (χ0v) is 10.1. The number of aryl methyl sites for hydroxylation is 1. The van der Waals surface area contributed by atoms with Gasteiger partial charge in [0.05, 0.1) is 0 Å². The predicted molar refractivity (Wildman–Crippen MR) is 43.3 cm³/mol. The molecule has 0 aliphatic carbocycles. The predicted octanol–water partition coefficient (Wildman–Crippen LogP) is 1.61. The van der Waals surface area contributed by atoms with Crippen LogP contribution in [0.25, 0.3) is 0 Å². The number of nitro groups is 2. The number of hydrogen-bond acceptors (Lipinski definition) is 4. The van der Waals surface area contributed by atoms with E-state index in [1.165, 1.54) is 13.0 Å². The summed E-state index contributed by atoms with van der Waals surface area (Å²) in [5.74, 6) is 0. The maximum absolute atomic E-state index is 10.4. The second-order valence-corrected chi connectivity index (χ2v) is 2.40. The monoisotopic (exact) mass is 270 g/mol. The van der Waals surface area contributed by atoms with Gasteiger partial charge in [0.25, 0.3) is 0 Å². The van der Waals surface area contributed by atoms with Gasteiger partial charge in [-0.25, -0.2) is 0 Å². The van der Waals surface area contributed by atoms with Crippen LogP contribution >= 0.6 is 0 Å². The third kappa shape index (κ3) is 2.82. The molecule has 0 bridgehead atoms. The van der Waals surface area contributed by atoms with Crippen LogP contribution in [0.5, 0.6) is 0 Å². The Balaban J connectivity index is 0.00000169. The van der Waals surface area contributed by atoms with Crippen molar-refractivity contribution >= 4 is 11.4 Å². The summed E-state index contributed by atoms with van der Waals surface area (Å²) in [7, 11) is 0. The van der Waals surface area contributed by atoms with Crippen LogP contribution in [0, 0.1) is 33.2 Å². The Kier molecular flexibility index (Phi) is 4.80. The van der Waals surface area contributed by atoms with Crippen molar-refractivity contribution in [2.75, 3.05) is 0 Å². The molecule has 0 N–H and O–H groups in total. The Hall–Kier alpha value is -0.876. The standard InChI is InChI=1S/C7H5N2O4.Y/c1-5-2-3-6(8(10)11)4-7(5)9(12)13;/h2,4H,1H3;/q-1;. The van der Waals surface area contributed by atoms with E-state index in [4.69, 9.17) is 0 Å². The molecule has 7 heteroatoms. The zero-order chi connectivity index (χ0) is 10.0. The molecule has 71 valence electrons. The molecule has 0 spiro atoms. The van der Waals surface area contributed by atoms with Crippen LogP contribution < -0.4 is 0 Å². The van der Waals surface area contributed by atoms with E-state index < -0.39 is 15.5 Å². The molecule has 6 nitrogen and oxygen atoms in total. The van der Waals surface area contributed by atoms with E-state index in [1.54, 1.807) is 0 Å². The Morgan fingerprint density at radius 2 is 1.86 bits per heavy atom. The van der Waals surface area contributed by atoms with E-state index in [9.17, 15) is 20.2 Å². The van der Waals surface area contributed by atoms with Gasteiger partial charge in [-0.3, -0.25) is 20.2 Å². The topological polar surface area (TPSA) is 86.3 Å². The van der Waals surface area contributed by atoms with Crippen molar-refractivity contribution in [3.63, 3.8) is 0 Å². The molecule has 0 saturated carbocycles. The Labute approximate surface area is 104 Å². The van der Waals surface area contributed by atoms with Gasteiger partial charge < -0.3 is 0 Å². The molecule has 14 heavy (non-hydrogen) atoms. The van der Waals surface area contributed by atoms with Gasteiger partial charge in [-0.1, -0.05) is 12.5 Å². The van der Waals surface area contributed by atoms with Crippen LogP contribution in [-0.2, 0) is 32.7 Å². The molecule has 1 aromatic rings. The van der Waals surface area contributed by atoms with Crippen LogP contribution in [-0.4, -0.2) is 9.85 Å². The fraction of sp³-hybridized carbons (Fsp3) is 0.143. The van der Waals surface area contributed by atoms with Gasteiger partial charge in [0.15, 0.2) is 11.4 Å². The minimum Gasteiger partial charge on any atom is -0.260 e. The molecule has 0 amide bonds. The average molecular weight is 270 g/mol. The molecule has 1 aromatic carbocycles. The van der Waals surface area contributed by atoms with Gasteiger partial charge >= 0.3 is 0 Å². The van der Waals surface area contributed by atoms with Gasteiger partial charge in [0.1, 0.15) is 0 Å². The van der Waals surface area contributed by atoms with Crippen molar-refractivity contribution in [1.82, 2.24) is 0 Å². The number of non-ortho nitro benzene ring substituents is 1. The molecule has 0 aliphatic rings. The molecule has 0 saturated heterocycles. The van der Waals surface area contributed by atoms with Crippen LogP contribution in [0.3, 0.4) is 0 Å². The fourth-order valence-electron chi connectivity index (χ4n) is 0.843. The molecule has 0 atom stereocenters. The Morgan fingerprint density at radius 1 is 1.29 bits per heavy atom. The average Bonchev–Trinajstić information content (AvgIpc) is 2.04. The number of benzene rings is 1. The minimum absolute atomic E-state index is 0. The second-order valence-electron chi connectivity index (χ2n) is 2.40. The molecule has 0 unspecified atom stereocenters. The van der Waals surface area contributed by atoms with Gasteiger partial charge in [-0.2, -0.15) is 6.07 Å². The van der Waals surface area contributed by atoms with E-state index in [-0.39, 0.29) is 38.4 Å². The molecular weight excluding hydrogens is 265 g/mol. The van der Waals surface area contributed by atoms with Gasteiger partial charge in [-0.15, -0.1) is 6.07 Å². The van der Waals surface area contributed by atoms with E-state index in [0.717, 1.165) is 6.07 Å². The van der Waals surface area contributed by atoms with E-state index >= 15 is 0 Å². The summed E-state index contributed by atoms with van der Waals surface area (Å²) in [6, 6.07) is 4.46. The normalized spacial score (nSPS) is 8.93. The van der Waals surface area contributed by atoms with Crippen LogP contribution in [0.1, 0.15) is 5.56 Å². The van der Waals surface area contributed by atoms with Crippen LogP contribution in [0.15, 0.2) is 12.1 Å². The van der Waals surface area contributed by atoms with Gasteiger partial charge in [-0.05, 0) is 6.07 Å². The van der Waals surface area contributed by atoms with E-state index in [0.29, 0.717) is 5.56 Å². The van der Waals surface area contributed by atoms with E-state index in [2.05, 4.69) is 6.07 Å². The number of nitrogens with zero attached hydrogens (tertiary/aromatic N) is 2. The molecular formula is C7H5N2O4Y-. The molecule has 0 aromatic heterocycles. The number of rotatable bonds is 2. The summed E-state index contributed by atoms with van der Waals surface area (Å²) in [6.07, 6.45) is 0. The van der Waals surface area contributed by atoms with Crippen molar-refractivity contribution in [3.8, 4) is 0 Å². The maximum Gasteiger partial charge on any atom is 0.175 e. The molecule has 1 radical (unpaired) electrons. The third-order valence-corrected chi connectivity index (χ3v) is 1.51. The summed E-state index contributed by atoms with van der Waals surface area (Å²) in [4.78, 5) is 19.2. The SMILES string of the molecule is Cc1c[c-]c([N+](=O)[O-])cc1[N+](=O)[O-].[Y]. The first-order valence-corrected chi connectivity index (χ1v) is 3.33. The summed E-state index contributed by atoms with van der Waals surface area (Å²) < 4.78 is 0. The maximum atomic E-state index is 10.4. The smallest absolute Gasteiger partial charge is 0.175 e. The fourth-order valence-corrected chi connectivity index (χ4v) is 0.843. The third-order valence-electron chi connectivity index (χ3n) is 1.51. The van der Waals surface area contributed by atoms with E-state index in [1.807, 2.05) is 0 Å². The first kappa shape index (κ1) is 13.1. The van der Waals surface area contributed by atoms with Gasteiger partial charge in [0.2, 0.25) is 0 Å². The summed E-state index contributed by atoms with van der Waals surface area (Å²) in [5.41, 5.74) is -0.293. The largest absolute Gasteiger partial charge is 0.260 e. The summed E-state index contributed by atoms with van der Waals surface area (Å²) in [5, 5.41) is 20.6. The summed E-state index contributed by atoms with van der Waals surface area (Å²) >= 11 is 0. The first-order chi connectivity index (χ1) is 6.02. The quantitative estimate of drug-likeness (QED) is 0.464. The van der Waals surface area contributed by atoms with Crippen molar-refractivity contribution in [1.29, 1.82) is 0 Å². The minimum atomic E-state index is -0.716. The first-order valence-electron chi connectivity index (χ1n) is 3.33. The van der Waals surface area contributed by atoms with Crippen molar-refractivity contribution < 1.29 is 42.6 Å². The van der Waals surface area contributed by atoms with Crippen molar-refractivity contribution in [2.24, 2.45) is 0 Å². The number of hydrogen-bond donors (Lipinski definition) is 0. The van der Waals surface area contributed by atoms with Crippen LogP contribution in [0.4, 0.5) is 11.4 Å². The second kappa shape index (κ2) is 5.12. The molecule has 0 aliphatic heterocycles. The van der Waals surface area contributed by atoms with Crippen molar-refractivity contribution in [2.45, 2.75) is 6.92 Å². The molecule has 0 heterocycles. The Bertz CT molecular complexity index is 380. The summed E-state index contributed by atoms with van der Waals surface area (Å²) in [6.45, 7) is 1.50. The van der Waals surface area contributed by atoms with Crippen molar-refractivity contribution in [3.05, 3.63) is 44.0 Å². The Morgan fingerprint density at radius 3 is 2.29 bits per heavy atom. The molecule has 1 rings (SSSR count). The van der Waals surface area contributed by atoms with Crippen LogP contribution in [0.2, 0.25) is 0 Å². The number of nitro benzene ring substituents is 2. The molecule has 0 fully saturated rings. The van der Waals surface area contributed by atoms with Gasteiger partial charge in [0, 0.05) is 42.6 Å². The zero-order valence-electron chi connectivity index (χ0n) is 7.26.